The fourth-order valence-electron chi connectivity index (χ4n) is 4.29. The van der Waals surface area contributed by atoms with Crippen molar-refractivity contribution in [3.05, 3.63) is 95.3 Å². The number of carbonyl (C=O) groups excluding carboxylic acids is 1. The first-order valence-corrected chi connectivity index (χ1v) is 9.65. The van der Waals surface area contributed by atoms with Gasteiger partial charge in [0, 0.05) is 18.2 Å². The number of para-hydroxylation sites is 1. The second kappa shape index (κ2) is 6.93. The van der Waals surface area contributed by atoms with Gasteiger partial charge in [-0.25, -0.2) is 4.39 Å². The van der Waals surface area contributed by atoms with Gasteiger partial charge in [0.25, 0.3) is 5.91 Å². The molecule has 152 valence electrons. The zero-order chi connectivity index (χ0) is 20.9. The predicted molar refractivity (Wildman–Crippen MR) is 109 cm³/mol. The summed E-state index contributed by atoms with van der Waals surface area (Å²) in [5, 5.41) is 0. The fourth-order valence-corrected chi connectivity index (χ4v) is 4.29. The number of methoxy groups -OCH3 is 1. The highest BCUT2D eigenvalue weighted by atomic mass is 19.1. The molecule has 1 spiro atoms. The first-order chi connectivity index (χ1) is 14.5. The second-order valence-electron chi connectivity index (χ2n) is 7.41. The van der Waals surface area contributed by atoms with Crippen molar-refractivity contribution in [1.82, 2.24) is 0 Å². The monoisotopic (exact) mass is 405 g/mol. The Morgan fingerprint density at radius 3 is 2.50 bits per heavy atom. The summed E-state index contributed by atoms with van der Waals surface area (Å²) in [5.74, 6) is 0.0652. The van der Waals surface area contributed by atoms with E-state index in [0.29, 0.717) is 16.9 Å². The molecule has 1 amide bonds. The van der Waals surface area contributed by atoms with Crippen LogP contribution in [0.25, 0.3) is 0 Å². The van der Waals surface area contributed by atoms with Gasteiger partial charge in [-0.3, -0.25) is 4.79 Å². The lowest BCUT2D eigenvalue weighted by Crippen LogP contribution is -2.42. The fraction of sp³-hybridized carbons (Fsp3) is 0.208. The summed E-state index contributed by atoms with van der Waals surface area (Å²) in [7, 11) is 3.30. The van der Waals surface area contributed by atoms with E-state index in [1.54, 1.807) is 43.3 Å². The van der Waals surface area contributed by atoms with E-state index in [4.69, 9.17) is 14.2 Å². The summed E-state index contributed by atoms with van der Waals surface area (Å²) in [5.41, 5.74) is 1.35. The van der Waals surface area contributed by atoms with Crippen molar-refractivity contribution >= 4 is 11.6 Å². The molecule has 0 saturated carbocycles. The Morgan fingerprint density at radius 1 is 1.00 bits per heavy atom. The van der Waals surface area contributed by atoms with Crippen molar-refractivity contribution < 1.29 is 23.4 Å². The highest BCUT2D eigenvalue weighted by Crippen LogP contribution is 2.58. The summed E-state index contributed by atoms with van der Waals surface area (Å²) in [6.45, 7) is 0. The van der Waals surface area contributed by atoms with Crippen LogP contribution in [0.15, 0.2) is 72.8 Å². The number of nitrogens with zero attached hydrogens (tertiary/aromatic N) is 1. The SMILES string of the molecule is COc1ccc([C@H]2O[C@H](c3cccc(F)c3)[C@@]3(O2)C(=O)N(C)c2ccccc23)cc1. The van der Waals surface area contributed by atoms with Gasteiger partial charge < -0.3 is 19.1 Å². The van der Waals surface area contributed by atoms with Crippen molar-refractivity contribution in [2.75, 3.05) is 19.1 Å². The molecule has 5 nitrogen and oxygen atoms in total. The van der Waals surface area contributed by atoms with Crippen LogP contribution in [-0.2, 0) is 19.9 Å². The maximum atomic E-state index is 14.1. The largest absolute Gasteiger partial charge is 0.497 e. The number of hydrogen-bond acceptors (Lipinski definition) is 4. The number of likely N-dealkylation sites (N-methyl/N-ethyl adjacent to an activating group) is 1. The molecular formula is C24H20FNO4. The number of hydrogen-bond donors (Lipinski definition) is 0. The molecule has 2 aliphatic heterocycles. The standard InChI is InChI=1S/C24H20FNO4/c1-26-20-9-4-3-8-19(20)24(23(26)27)21(16-6-5-7-17(25)14-16)29-22(30-24)15-10-12-18(28-2)13-11-15/h3-14,21-22H,1-2H3/t21-,22+,24-/m1/s1. The zero-order valence-corrected chi connectivity index (χ0v) is 16.5. The Kier molecular flexibility index (Phi) is 4.34. The van der Waals surface area contributed by atoms with E-state index in [1.807, 2.05) is 36.4 Å². The van der Waals surface area contributed by atoms with E-state index in [1.165, 1.54) is 12.1 Å². The third-order valence-corrected chi connectivity index (χ3v) is 5.75. The van der Waals surface area contributed by atoms with E-state index in [2.05, 4.69) is 0 Å². The number of carbonyl (C=O) groups is 1. The summed E-state index contributed by atoms with van der Waals surface area (Å²) >= 11 is 0. The van der Waals surface area contributed by atoms with Gasteiger partial charge >= 0.3 is 0 Å². The second-order valence-corrected chi connectivity index (χ2v) is 7.41. The minimum Gasteiger partial charge on any atom is -0.497 e. The summed E-state index contributed by atoms with van der Waals surface area (Å²) in [4.78, 5) is 15.1. The Labute approximate surface area is 173 Å². The molecule has 1 fully saturated rings. The smallest absolute Gasteiger partial charge is 0.266 e. The third-order valence-electron chi connectivity index (χ3n) is 5.75. The number of fused-ring (bicyclic) bond motifs is 2. The van der Waals surface area contributed by atoms with Crippen molar-refractivity contribution in [3.8, 4) is 5.75 Å². The normalized spacial score (nSPS) is 25.0. The summed E-state index contributed by atoms with van der Waals surface area (Å²) in [6, 6.07) is 20.9. The van der Waals surface area contributed by atoms with Crippen LogP contribution in [0, 0.1) is 5.82 Å². The Hall–Kier alpha value is -3.22. The van der Waals surface area contributed by atoms with Gasteiger partial charge in [-0.1, -0.05) is 42.5 Å². The van der Waals surface area contributed by atoms with Crippen LogP contribution in [0.4, 0.5) is 10.1 Å². The Morgan fingerprint density at radius 2 is 1.77 bits per heavy atom. The highest BCUT2D eigenvalue weighted by Gasteiger charge is 2.63. The number of ether oxygens (including phenoxy) is 3. The average molecular weight is 405 g/mol. The maximum Gasteiger partial charge on any atom is 0.266 e. The molecule has 0 bridgehead atoms. The first kappa shape index (κ1) is 18.8. The zero-order valence-electron chi connectivity index (χ0n) is 16.5. The van der Waals surface area contributed by atoms with Crippen molar-refractivity contribution in [2.24, 2.45) is 0 Å². The molecule has 3 aromatic carbocycles. The summed E-state index contributed by atoms with van der Waals surface area (Å²) < 4.78 is 32.0. The van der Waals surface area contributed by atoms with E-state index in [9.17, 15) is 9.18 Å². The van der Waals surface area contributed by atoms with E-state index < -0.39 is 23.8 Å². The third kappa shape index (κ3) is 2.65. The van der Waals surface area contributed by atoms with Crippen LogP contribution in [0.1, 0.15) is 29.1 Å². The van der Waals surface area contributed by atoms with E-state index >= 15 is 0 Å². The molecule has 0 unspecified atom stereocenters. The van der Waals surface area contributed by atoms with Crippen LogP contribution in [0.5, 0.6) is 5.75 Å². The van der Waals surface area contributed by atoms with Crippen LogP contribution in [0.2, 0.25) is 0 Å². The molecule has 5 rings (SSSR count). The molecule has 3 aromatic rings. The van der Waals surface area contributed by atoms with Gasteiger partial charge in [0.2, 0.25) is 5.60 Å². The quantitative estimate of drug-likeness (QED) is 0.644. The maximum absolute atomic E-state index is 14.1. The molecule has 0 aliphatic carbocycles. The highest BCUT2D eigenvalue weighted by molar-refractivity contribution is 6.07. The predicted octanol–water partition coefficient (Wildman–Crippen LogP) is 4.49. The summed E-state index contributed by atoms with van der Waals surface area (Å²) in [6.07, 6.45) is -1.61. The molecule has 3 atom stereocenters. The van der Waals surface area contributed by atoms with Crippen LogP contribution in [0.3, 0.4) is 0 Å². The first-order valence-electron chi connectivity index (χ1n) is 9.65. The Balaban J connectivity index is 1.66. The number of halogens is 1. The number of benzene rings is 3. The van der Waals surface area contributed by atoms with Gasteiger partial charge in [0.05, 0.1) is 12.8 Å². The van der Waals surface area contributed by atoms with Gasteiger partial charge in [0.1, 0.15) is 17.7 Å². The van der Waals surface area contributed by atoms with Crippen molar-refractivity contribution in [1.29, 1.82) is 0 Å². The minimum absolute atomic E-state index is 0.242. The van der Waals surface area contributed by atoms with Gasteiger partial charge in [0.15, 0.2) is 6.29 Å². The number of amides is 1. The van der Waals surface area contributed by atoms with Crippen LogP contribution >= 0.6 is 0 Å². The topological polar surface area (TPSA) is 48.0 Å². The van der Waals surface area contributed by atoms with Crippen molar-refractivity contribution in [3.63, 3.8) is 0 Å². The average Bonchev–Trinajstić information content (AvgIpc) is 3.28. The molecule has 2 heterocycles. The molecule has 6 heteroatoms. The molecule has 0 N–H and O–H groups in total. The molecule has 1 saturated heterocycles. The van der Waals surface area contributed by atoms with Crippen LogP contribution in [-0.4, -0.2) is 20.1 Å². The number of anilines is 1. The minimum atomic E-state index is -1.40. The van der Waals surface area contributed by atoms with Gasteiger partial charge in [-0.05, 0) is 35.9 Å². The molecular weight excluding hydrogens is 385 g/mol. The molecule has 30 heavy (non-hydrogen) atoms. The molecule has 0 aromatic heterocycles. The van der Waals surface area contributed by atoms with Crippen molar-refractivity contribution in [2.45, 2.75) is 18.0 Å². The Bertz CT molecular complexity index is 1120. The molecule has 0 radical (unpaired) electrons. The van der Waals surface area contributed by atoms with E-state index in [0.717, 1.165) is 11.3 Å². The lowest BCUT2D eigenvalue weighted by atomic mass is 9.85. The van der Waals surface area contributed by atoms with Crippen LogP contribution < -0.4 is 9.64 Å². The van der Waals surface area contributed by atoms with Gasteiger partial charge in [-0.2, -0.15) is 0 Å². The molecule has 2 aliphatic rings. The lowest BCUT2D eigenvalue weighted by molar-refractivity contribution is -0.145. The number of rotatable bonds is 3. The van der Waals surface area contributed by atoms with Gasteiger partial charge in [-0.15, -0.1) is 0 Å². The van der Waals surface area contributed by atoms with E-state index in [-0.39, 0.29) is 5.91 Å². The lowest BCUT2D eigenvalue weighted by Gasteiger charge is -2.27.